The molecule has 4 aromatic rings. The van der Waals surface area contributed by atoms with Gasteiger partial charge in [0.1, 0.15) is 11.7 Å². The number of aromatic amines is 1. The maximum atomic E-state index is 14.2. The number of carbonyl (C=O) groups excluding carboxylic acids is 3. The average Bonchev–Trinajstić information content (AvgIpc) is 3.67. The van der Waals surface area contributed by atoms with Crippen molar-refractivity contribution in [2.45, 2.75) is 58.0 Å². The van der Waals surface area contributed by atoms with Gasteiger partial charge in [-0.2, -0.15) is 5.21 Å². The lowest BCUT2D eigenvalue weighted by Gasteiger charge is -2.35. The number of nitrogens with one attached hydrogen (secondary N) is 2. The number of anilines is 1. The Morgan fingerprint density at radius 2 is 1.72 bits per heavy atom. The molecule has 14 heteroatoms. The highest BCUT2D eigenvalue weighted by atomic mass is 35.5. The number of H-pyrrole nitrogens is 1. The number of amides is 3. The van der Waals surface area contributed by atoms with Crippen LogP contribution in [0.3, 0.4) is 0 Å². The molecule has 6 N–H and O–H groups in total. The topological polar surface area (TPSA) is 189 Å². The molecule has 264 valence electrons. The zero-order valence-corrected chi connectivity index (χ0v) is 29.2. The molecule has 2 aromatic heterocycles. The fourth-order valence-electron chi connectivity index (χ4n) is 6.97. The number of rotatable bonds is 10. The highest BCUT2D eigenvalue weighted by Gasteiger charge is 2.36. The summed E-state index contributed by atoms with van der Waals surface area (Å²) in [4.78, 5) is 48.4. The number of aryl methyl sites for hydroxylation is 1. The summed E-state index contributed by atoms with van der Waals surface area (Å²) in [6, 6.07) is 16.2. The van der Waals surface area contributed by atoms with E-state index in [2.05, 4.69) is 37.8 Å². The van der Waals surface area contributed by atoms with E-state index in [0.717, 1.165) is 47.2 Å². The molecule has 1 saturated heterocycles. The first-order valence-corrected chi connectivity index (χ1v) is 17.0. The van der Waals surface area contributed by atoms with Crippen molar-refractivity contribution in [2.75, 3.05) is 31.1 Å². The maximum absolute atomic E-state index is 14.2. The molecule has 13 nitrogen and oxygen atoms in total. The van der Waals surface area contributed by atoms with E-state index >= 15 is 0 Å². The van der Waals surface area contributed by atoms with Gasteiger partial charge in [0, 0.05) is 61.0 Å². The van der Waals surface area contributed by atoms with Crippen molar-refractivity contribution < 1.29 is 14.4 Å². The molecule has 6 rings (SSSR count). The van der Waals surface area contributed by atoms with Gasteiger partial charge in [-0.25, -0.2) is 0 Å². The molecule has 0 spiro atoms. The highest BCUT2D eigenvalue weighted by molar-refractivity contribution is 6.02. The number of tetrazole rings is 1. The van der Waals surface area contributed by atoms with Crippen LogP contribution in [-0.4, -0.2) is 86.5 Å². The molecule has 0 radical (unpaired) electrons. The second-order valence-corrected chi connectivity index (χ2v) is 13.3. The van der Waals surface area contributed by atoms with Crippen LogP contribution in [0.1, 0.15) is 54.2 Å². The minimum atomic E-state index is -0.914. The van der Waals surface area contributed by atoms with Crippen molar-refractivity contribution in [3.8, 4) is 22.5 Å². The molecule has 2 atom stereocenters. The van der Waals surface area contributed by atoms with Crippen LogP contribution in [0.2, 0.25) is 0 Å². The number of primary amides is 1. The van der Waals surface area contributed by atoms with Crippen molar-refractivity contribution in [3.63, 3.8) is 0 Å². The molecule has 2 aliphatic rings. The van der Waals surface area contributed by atoms with Gasteiger partial charge in [0.15, 0.2) is 0 Å². The molecule has 1 unspecified atom stereocenters. The molecule has 50 heavy (non-hydrogen) atoms. The van der Waals surface area contributed by atoms with Gasteiger partial charge in [-0.05, 0) is 104 Å². The summed E-state index contributed by atoms with van der Waals surface area (Å²) in [6.45, 7) is 6.72. The number of nitrogens with two attached hydrogens (primary N) is 2. The van der Waals surface area contributed by atoms with Gasteiger partial charge in [-0.1, -0.05) is 24.3 Å². The summed E-state index contributed by atoms with van der Waals surface area (Å²) < 4.78 is 0. The minimum absolute atomic E-state index is 0. The van der Waals surface area contributed by atoms with Crippen LogP contribution in [0.4, 0.5) is 5.69 Å². The molecule has 1 saturated carbocycles. The Morgan fingerprint density at radius 3 is 2.32 bits per heavy atom. The average molecular weight is 701 g/mol. The summed E-state index contributed by atoms with van der Waals surface area (Å²) in [5, 5.41) is 17.5. The number of piperazine rings is 1. The Kier molecular flexibility index (Phi) is 11.9. The van der Waals surface area contributed by atoms with E-state index < -0.39 is 11.9 Å². The van der Waals surface area contributed by atoms with Crippen molar-refractivity contribution in [2.24, 2.45) is 23.3 Å². The van der Waals surface area contributed by atoms with Crippen molar-refractivity contribution >= 4 is 35.8 Å². The third-order valence-electron chi connectivity index (χ3n) is 9.84. The van der Waals surface area contributed by atoms with Gasteiger partial charge >= 0.3 is 0 Å². The van der Waals surface area contributed by atoms with Crippen molar-refractivity contribution in [1.82, 2.24) is 35.8 Å². The normalized spacial score (nSPS) is 19.7. The number of carbonyl (C=O) groups is 3. The molecule has 1 aliphatic heterocycles. The second-order valence-electron chi connectivity index (χ2n) is 13.3. The van der Waals surface area contributed by atoms with Crippen LogP contribution in [0, 0.1) is 18.8 Å². The van der Waals surface area contributed by atoms with Crippen LogP contribution in [0.5, 0.6) is 0 Å². The van der Waals surface area contributed by atoms with E-state index in [1.54, 1.807) is 35.4 Å². The Bertz CT molecular complexity index is 1760. The third kappa shape index (κ3) is 8.18. The first-order valence-electron chi connectivity index (χ1n) is 17.0. The van der Waals surface area contributed by atoms with Gasteiger partial charge in [0.05, 0.1) is 0 Å². The lowest BCUT2D eigenvalue weighted by molar-refractivity contribution is -0.127. The summed E-state index contributed by atoms with van der Waals surface area (Å²) in [5.74, 6) is -0.166. The van der Waals surface area contributed by atoms with E-state index in [0.29, 0.717) is 55.6 Å². The molecule has 1 aliphatic carbocycles. The number of halogens is 1. The van der Waals surface area contributed by atoms with Gasteiger partial charge in [-0.15, -0.1) is 22.6 Å². The largest absolute Gasteiger partial charge is 0.368 e. The highest BCUT2D eigenvalue weighted by Crippen LogP contribution is 2.33. The predicted octanol–water partition coefficient (Wildman–Crippen LogP) is 3.29. The quantitative estimate of drug-likeness (QED) is 0.192. The Balaban J connectivity index is 0.00000486. The minimum Gasteiger partial charge on any atom is -0.368 e. The van der Waals surface area contributed by atoms with E-state index in [1.807, 2.05) is 42.2 Å². The molecule has 2 fully saturated rings. The molecule has 3 heterocycles. The number of hydrogen-bond acceptors (Lipinski definition) is 9. The number of nitrogens with zero attached hydrogens (tertiary/aromatic N) is 6. The summed E-state index contributed by atoms with van der Waals surface area (Å²) in [7, 11) is 0. The standard InChI is InChI=1S/C36H44N10O3.ClH/c1-22-17-31(36(49)45-16-15-39-23(2)21-45)40-20-30(22)26-7-3-24(4-8-26)18-32(33(38)47)46(35(48)28-9-5-25(19-37)6-10-28)29-13-11-27(12-14-29)34-41-43-44-42-34;/h3-4,7-8,11-14,17,20,23,25,28,32,39H,5-6,9-10,15-16,18-19,21,37H2,1-2H3,(H2,38,47)(H,41,42,43,44);1H/t23?,25?,28?,32-;/m0./s1. The van der Waals surface area contributed by atoms with Gasteiger partial charge in [-0.3, -0.25) is 24.3 Å². The SMILES string of the molecule is Cc1cc(C(=O)N2CCNC(C)C2)ncc1-c1ccc(C[C@@H](C(N)=O)N(C(=O)C2CCC(CN)CC2)c2ccc(-c3nn[nH]n3)cc2)cc1.Cl. The summed E-state index contributed by atoms with van der Waals surface area (Å²) in [6.07, 6.45) is 5.15. The Morgan fingerprint density at radius 1 is 1.02 bits per heavy atom. The van der Waals surface area contributed by atoms with E-state index in [4.69, 9.17) is 11.5 Å². The summed E-state index contributed by atoms with van der Waals surface area (Å²) in [5.41, 5.74) is 17.3. The number of pyridine rings is 1. The predicted molar refractivity (Wildman–Crippen MR) is 193 cm³/mol. The Labute approximate surface area is 298 Å². The fourth-order valence-corrected chi connectivity index (χ4v) is 6.97. The fraction of sp³-hybridized carbons (Fsp3) is 0.417. The van der Waals surface area contributed by atoms with Crippen LogP contribution in [0.25, 0.3) is 22.5 Å². The van der Waals surface area contributed by atoms with Gasteiger partial charge in [0.25, 0.3) is 5.91 Å². The molecule has 0 bridgehead atoms. The first-order chi connectivity index (χ1) is 23.7. The van der Waals surface area contributed by atoms with Gasteiger partial charge in [0.2, 0.25) is 17.6 Å². The maximum Gasteiger partial charge on any atom is 0.272 e. The van der Waals surface area contributed by atoms with E-state index in [9.17, 15) is 14.4 Å². The second kappa shape index (κ2) is 16.3. The first kappa shape index (κ1) is 36.6. The van der Waals surface area contributed by atoms with Gasteiger partial charge < -0.3 is 21.7 Å². The number of aromatic nitrogens is 5. The molecular weight excluding hydrogens is 656 g/mol. The molecule has 3 amide bonds. The van der Waals surface area contributed by atoms with Crippen LogP contribution in [-0.2, 0) is 16.0 Å². The lowest BCUT2D eigenvalue weighted by atomic mass is 9.81. The Hall–Kier alpha value is -4.72. The zero-order chi connectivity index (χ0) is 34.5. The van der Waals surface area contributed by atoms with Crippen LogP contribution >= 0.6 is 12.4 Å². The smallest absolute Gasteiger partial charge is 0.272 e. The monoisotopic (exact) mass is 700 g/mol. The molecular formula is C36H45ClN10O3. The summed E-state index contributed by atoms with van der Waals surface area (Å²) >= 11 is 0. The van der Waals surface area contributed by atoms with E-state index in [1.165, 1.54) is 0 Å². The van der Waals surface area contributed by atoms with E-state index in [-0.39, 0.29) is 42.6 Å². The molecule has 2 aromatic carbocycles. The third-order valence-corrected chi connectivity index (χ3v) is 9.84. The number of hydrogen-bond donors (Lipinski definition) is 4. The van der Waals surface area contributed by atoms with Crippen molar-refractivity contribution in [3.05, 3.63) is 77.6 Å². The van der Waals surface area contributed by atoms with Crippen molar-refractivity contribution in [1.29, 1.82) is 0 Å². The zero-order valence-electron chi connectivity index (χ0n) is 28.4. The van der Waals surface area contributed by atoms with Crippen LogP contribution < -0.4 is 21.7 Å². The van der Waals surface area contributed by atoms with Crippen LogP contribution in [0.15, 0.2) is 60.8 Å². The number of benzene rings is 2. The lowest BCUT2D eigenvalue weighted by Crippen LogP contribution is -2.52.